The highest BCUT2D eigenvalue weighted by Gasteiger charge is 2.29. The van der Waals surface area contributed by atoms with E-state index in [2.05, 4.69) is 10.4 Å². The molecule has 0 aliphatic carbocycles. The summed E-state index contributed by atoms with van der Waals surface area (Å²) in [5.74, 6) is -4.09. The molecule has 0 aliphatic heterocycles. The summed E-state index contributed by atoms with van der Waals surface area (Å²) in [7, 11) is 1.57. The van der Waals surface area contributed by atoms with E-state index in [4.69, 9.17) is 9.84 Å². The fourth-order valence-corrected chi connectivity index (χ4v) is 3.01. The molecule has 3 N–H and O–H groups in total. The summed E-state index contributed by atoms with van der Waals surface area (Å²) in [6, 6.07) is 9.20. The first kappa shape index (κ1) is 21.0. The zero-order valence-corrected chi connectivity index (χ0v) is 16.5. The van der Waals surface area contributed by atoms with Crippen LogP contribution in [0, 0.1) is 18.6 Å². The molecule has 0 bridgehead atoms. The van der Waals surface area contributed by atoms with Crippen molar-refractivity contribution >= 4 is 11.9 Å². The lowest BCUT2D eigenvalue weighted by atomic mass is 10.1. The van der Waals surface area contributed by atoms with Gasteiger partial charge < -0.3 is 15.2 Å². The van der Waals surface area contributed by atoms with E-state index in [1.165, 1.54) is 28.9 Å². The number of carbonyl (C=O) groups is 2. The Labute approximate surface area is 170 Å². The first-order valence-corrected chi connectivity index (χ1v) is 9.03. The summed E-state index contributed by atoms with van der Waals surface area (Å²) in [5.41, 5.74) is 1.44. The summed E-state index contributed by atoms with van der Waals surface area (Å²) in [5, 5.41) is 14.7. The quantitative estimate of drug-likeness (QED) is 0.644. The van der Waals surface area contributed by atoms with Gasteiger partial charge in [-0.1, -0.05) is 18.2 Å². The van der Waals surface area contributed by atoms with Gasteiger partial charge in [0.05, 0.1) is 18.7 Å². The fourth-order valence-electron chi connectivity index (χ4n) is 3.01. The van der Waals surface area contributed by atoms with E-state index in [9.17, 15) is 18.4 Å². The van der Waals surface area contributed by atoms with Gasteiger partial charge in [-0.15, -0.1) is 9.78 Å². The molecular formula is C21H20F2N3O4+. The zero-order chi connectivity index (χ0) is 22.0. The molecule has 7 nitrogen and oxygen atoms in total. The van der Waals surface area contributed by atoms with Crippen molar-refractivity contribution in [3.05, 3.63) is 76.5 Å². The van der Waals surface area contributed by atoms with E-state index in [0.717, 1.165) is 6.07 Å². The number of benzene rings is 2. The molecule has 9 heteroatoms. The van der Waals surface area contributed by atoms with E-state index in [-0.39, 0.29) is 22.8 Å². The second kappa shape index (κ2) is 8.32. The zero-order valence-electron chi connectivity index (χ0n) is 16.5. The molecule has 3 rings (SSSR count). The van der Waals surface area contributed by atoms with Crippen LogP contribution in [0.25, 0.3) is 0 Å². The van der Waals surface area contributed by atoms with Crippen molar-refractivity contribution in [3.8, 4) is 11.6 Å². The number of nitrogens with zero attached hydrogens (tertiary/aromatic N) is 1. The third-order valence-electron chi connectivity index (χ3n) is 4.58. The van der Waals surface area contributed by atoms with Gasteiger partial charge in [-0.3, -0.25) is 4.79 Å². The van der Waals surface area contributed by atoms with E-state index in [1.54, 1.807) is 33.0 Å². The van der Waals surface area contributed by atoms with Gasteiger partial charge in [-0.2, -0.15) is 4.39 Å². The Morgan fingerprint density at radius 1 is 1.17 bits per heavy atom. The molecule has 0 unspecified atom stereocenters. The van der Waals surface area contributed by atoms with Crippen molar-refractivity contribution < 1.29 is 33.3 Å². The van der Waals surface area contributed by atoms with Gasteiger partial charge in [0.1, 0.15) is 0 Å². The standard InChI is InChI=1S/C21H19F2N3O4/c1-11(13-7-9-14(10-8-13)21(28)29)24-19(27)17-12(2)25-26(3)20(17)30-16-6-4-5-15(22)18(16)23/h4-11H,1-3H3,(H,24,27)(H,28,29)/p+1/t11-/m0/s1. The third-order valence-corrected chi connectivity index (χ3v) is 4.58. The normalized spacial score (nSPS) is 11.8. The molecule has 1 heterocycles. The second-order valence-corrected chi connectivity index (χ2v) is 6.75. The number of aromatic nitrogens is 2. The summed E-state index contributed by atoms with van der Waals surface area (Å²) in [4.78, 5) is 23.9. The van der Waals surface area contributed by atoms with Gasteiger partial charge in [0, 0.05) is 6.92 Å². The summed E-state index contributed by atoms with van der Waals surface area (Å²) in [6.45, 7) is 3.39. The summed E-state index contributed by atoms with van der Waals surface area (Å²) < 4.78 is 34.4. The summed E-state index contributed by atoms with van der Waals surface area (Å²) in [6.07, 6.45) is 0. The Morgan fingerprint density at radius 3 is 2.47 bits per heavy atom. The molecular weight excluding hydrogens is 396 g/mol. The molecule has 3 aromatic rings. The van der Waals surface area contributed by atoms with E-state index < -0.39 is 29.6 Å². The van der Waals surface area contributed by atoms with Gasteiger partial charge in [-0.05, 0) is 36.8 Å². The van der Waals surface area contributed by atoms with E-state index >= 15 is 0 Å². The number of aromatic carboxylic acids is 1. The number of carbonyl (C=O) groups excluding carboxylic acids is 1. The van der Waals surface area contributed by atoms with Crippen LogP contribution in [0.2, 0.25) is 0 Å². The molecule has 0 radical (unpaired) electrons. The first-order chi connectivity index (χ1) is 14.2. The van der Waals surface area contributed by atoms with E-state index in [1.807, 2.05) is 0 Å². The number of aromatic amines is 1. The minimum Gasteiger partial charge on any atom is -0.478 e. The number of carboxylic acids is 1. The van der Waals surface area contributed by atoms with Crippen LogP contribution in [0.15, 0.2) is 42.5 Å². The minimum absolute atomic E-state index is 0.0166. The number of carboxylic acid groups (broad SMARTS) is 1. The third kappa shape index (κ3) is 4.14. The van der Waals surface area contributed by atoms with Crippen molar-refractivity contribution in [2.24, 2.45) is 7.05 Å². The molecule has 0 aliphatic rings. The van der Waals surface area contributed by atoms with Crippen LogP contribution < -0.4 is 15.2 Å². The van der Waals surface area contributed by atoms with Crippen molar-refractivity contribution in [3.63, 3.8) is 0 Å². The van der Waals surface area contributed by atoms with Crippen LogP contribution in [0.3, 0.4) is 0 Å². The molecule has 1 atom stereocenters. The van der Waals surface area contributed by atoms with Crippen molar-refractivity contribution in [1.82, 2.24) is 10.00 Å². The molecule has 1 amide bonds. The monoisotopic (exact) mass is 416 g/mol. The van der Waals surface area contributed by atoms with Crippen molar-refractivity contribution in [1.29, 1.82) is 0 Å². The van der Waals surface area contributed by atoms with Crippen LogP contribution >= 0.6 is 0 Å². The van der Waals surface area contributed by atoms with Gasteiger partial charge in [0.15, 0.2) is 17.1 Å². The Bertz CT molecular complexity index is 1110. The van der Waals surface area contributed by atoms with Crippen LogP contribution in [0.4, 0.5) is 8.78 Å². The predicted octanol–water partition coefficient (Wildman–Crippen LogP) is 3.41. The Morgan fingerprint density at radius 2 is 1.83 bits per heavy atom. The van der Waals surface area contributed by atoms with Crippen LogP contribution in [0.5, 0.6) is 11.6 Å². The SMILES string of the molecule is Cc1[nH+]n(C)c(Oc2cccc(F)c2F)c1C(=O)N[C@@H](C)c1ccc(C(=O)O)cc1. The Kier molecular flexibility index (Phi) is 5.81. The van der Waals surface area contributed by atoms with Crippen LogP contribution in [0.1, 0.15) is 44.9 Å². The largest absolute Gasteiger partial charge is 0.478 e. The number of rotatable bonds is 6. The fraction of sp³-hybridized carbons (Fsp3) is 0.190. The number of hydrogen-bond donors (Lipinski definition) is 2. The lowest BCUT2D eigenvalue weighted by Gasteiger charge is -2.14. The molecule has 0 fully saturated rings. The second-order valence-electron chi connectivity index (χ2n) is 6.75. The molecule has 0 saturated carbocycles. The van der Waals surface area contributed by atoms with Gasteiger partial charge in [0.2, 0.25) is 11.5 Å². The minimum atomic E-state index is -1.16. The van der Waals surface area contributed by atoms with Crippen LogP contribution in [-0.4, -0.2) is 21.7 Å². The Balaban J connectivity index is 1.85. The molecule has 1 aromatic heterocycles. The van der Waals surface area contributed by atoms with Crippen molar-refractivity contribution in [2.45, 2.75) is 19.9 Å². The molecule has 2 aromatic carbocycles. The number of hydrogen-bond acceptors (Lipinski definition) is 3. The highest BCUT2D eigenvalue weighted by atomic mass is 19.2. The number of aryl methyl sites for hydroxylation is 2. The average molecular weight is 416 g/mol. The smallest absolute Gasteiger partial charge is 0.335 e. The lowest BCUT2D eigenvalue weighted by Crippen LogP contribution is -2.27. The highest BCUT2D eigenvalue weighted by molar-refractivity contribution is 5.97. The number of halogens is 2. The number of H-pyrrole nitrogens is 1. The van der Waals surface area contributed by atoms with Crippen LogP contribution in [-0.2, 0) is 7.05 Å². The highest BCUT2D eigenvalue weighted by Crippen LogP contribution is 2.29. The van der Waals surface area contributed by atoms with E-state index in [0.29, 0.717) is 11.3 Å². The molecule has 30 heavy (non-hydrogen) atoms. The number of amides is 1. The van der Waals surface area contributed by atoms with Gasteiger partial charge in [0.25, 0.3) is 11.8 Å². The van der Waals surface area contributed by atoms with Crippen molar-refractivity contribution in [2.75, 3.05) is 0 Å². The molecule has 0 spiro atoms. The molecule has 156 valence electrons. The lowest BCUT2D eigenvalue weighted by molar-refractivity contribution is -0.493. The first-order valence-electron chi connectivity index (χ1n) is 9.03. The topological polar surface area (TPSA) is 94.7 Å². The Hall–Kier alpha value is -3.75. The average Bonchev–Trinajstić information content (AvgIpc) is 2.98. The summed E-state index contributed by atoms with van der Waals surface area (Å²) >= 11 is 0. The maximum Gasteiger partial charge on any atom is 0.335 e. The maximum atomic E-state index is 14.0. The number of ether oxygens (including phenoxy) is 1. The predicted molar refractivity (Wildman–Crippen MR) is 102 cm³/mol. The van der Waals surface area contributed by atoms with Gasteiger partial charge in [-0.25, -0.2) is 9.18 Å². The maximum absolute atomic E-state index is 14.0. The van der Waals surface area contributed by atoms with Gasteiger partial charge >= 0.3 is 5.97 Å². The number of nitrogens with one attached hydrogen (secondary N) is 2. The molecule has 0 saturated heterocycles.